The number of aliphatic hydroxyl groups is 1. The van der Waals surface area contributed by atoms with Gasteiger partial charge in [0.25, 0.3) is 0 Å². The van der Waals surface area contributed by atoms with Crippen molar-refractivity contribution in [2.75, 3.05) is 0 Å². The van der Waals surface area contributed by atoms with E-state index in [0.29, 0.717) is 5.02 Å². The standard InChI is InChI=1S/C15H17ClOS/c1-15(2,3)11-7-5-4-6-10(11)13(17)14-12(16)8-9-18-14/h4-9,13,17H,1-3H3. The van der Waals surface area contributed by atoms with E-state index in [4.69, 9.17) is 11.6 Å². The lowest BCUT2D eigenvalue weighted by molar-refractivity contribution is 0.221. The molecule has 0 spiro atoms. The van der Waals surface area contributed by atoms with Crippen LogP contribution in [0.3, 0.4) is 0 Å². The van der Waals surface area contributed by atoms with E-state index < -0.39 is 6.10 Å². The molecule has 2 rings (SSSR count). The molecule has 0 aliphatic rings. The van der Waals surface area contributed by atoms with Crippen molar-refractivity contribution in [2.45, 2.75) is 32.3 Å². The number of thiophene rings is 1. The molecule has 0 saturated heterocycles. The third-order valence-corrected chi connectivity index (χ3v) is 4.37. The summed E-state index contributed by atoms with van der Waals surface area (Å²) in [4.78, 5) is 0.813. The second-order valence-corrected chi connectivity index (χ2v) is 6.73. The fraction of sp³-hybridized carbons (Fsp3) is 0.333. The molecule has 3 heteroatoms. The zero-order valence-corrected chi connectivity index (χ0v) is 12.3. The van der Waals surface area contributed by atoms with Crippen LogP contribution in [0.4, 0.5) is 0 Å². The fourth-order valence-electron chi connectivity index (χ4n) is 2.06. The van der Waals surface area contributed by atoms with Crippen LogP contribution in [0.25, 0.3) is 0 Å². The van der Waals surface area contributed by atoms with Crippen LogP contribution < -0.4 is 0 Å². The number of rotatable bonds is 2. The average molecular weight is 281 g/mol. The van der Waals surface area contributed by atoms with Gasteiger partial charge in [-0.15, -0.1) is 11.3 Å². The average Bonchev–Trinajstić information content (AvgIpc) is 2.73. The van der Waals surface area contributed by atoms with Gasteiger partial charge in [0.05, 0.1) is 9.90 Å². The molecule has 1 N–H and O–H groups in total. The summed E-state index contributed by atoms with van der Waals surface area (Å²) < 4.78 is 0. The van der Waals surface area contributed by atoms with Crippen molar-refractivity contribution < 1.29 is 5.11 Å². The summed E-state index contributed by atoms with van der Waals surface area (Å²) in [6.45, 7) is 6.44. The van der Waals surface area contributed by atoms with Crippen LogP contribution in [0, 0.1) is 0 Å². The van der Waals surface area contributed by atoms with Gasteiger partial charge in [0.15, 0.2) is 0 Å². The van der Waals surface area contributed by atoms with Gasteiger partial charge in [-0.1, -0.05) is 56.6 Å². The monoisotopic (exact) mass is 280 g/mol. The normalized spacial score (nSPS) is 13.6. The first-order valence-corrected chi connectivity index (χ1v) is 7.17. The summed E-state index contributed by atoms with van der Waals surface area (Å²) in [5.74, 6) is 0. The molecular weight excluding hydrogens is 264 g/mol. The van der Waals surface area contributed by atoms with Gasteiger partial charge in [-0.2, -0.15) is 0 Å². The van der Waals surface area contributed by atoms with E-state index in [-0.39, 0.29) is 5.41 Å². The van der Waals surface area contributed by atoms with Gasteiger partial charge in [-0.25, -0.2) is 0 Å². The Kier molecular flexibility index (Phi) is 3.81. The predicted molar refractivity (Wildman–Crippen MR) is 78.5 cm³/mol. The molecular formula is C15H17ClOS. The van der Waals surface area contributed by atoms with E-state index in [9.17, 15) is 5.11 Å². The fourth-order valence-corrected chi connectivity index (χ4v) is 3.22. The van der Waals surface area contributed by atoms with Crippen LogP contribution in [0.15, 0.2) is 35.7 Å². The van der Waals surface area contributed by atoms with Gasteiger partial charge in [-0.3, -0.25) is 0 Å². The van der Waals surface area contributed by atoms with Crippen LogP contribution in [-0.2, 0) is 5.41 Å². The molecule has 1 heterocycles. The summed E-state index contributed by atoms with van der Waals surface area (Å²) in [5, 5.41) is 13.1. The highest BCUT2D eigenvalue weighted by Gasteiger charge is 2.23. The maximum Gasteiger partial charge on any atom is 0.115 e. The van der Waals surface area contributed by atoms with Crippen molar-refractivity contribution in [2.24, 2.45) is 0 Å². The Balaban J connectivity index is 2.49. The first kappa shape index (κ1) is 13.6. The minimum Gasteiger partial charge on any atom is -0.383 e. The van der Waals surface area contributed by atoms with Crippen LogP contribution >= 0.6 is 22.9 Å². The van der Waals surface area contributed by atoms with Crippen molar-refractivity contribution in [3.8, 4) is 0 Å². The molecule has 0 radical (unpaired) electrons. The minimum atomic E-state index is -0.645. The van der Waals surface area contributed by atoms with Crippen molar-refractivity contribution in [1.82, 2.24) is 0 Å². The van der Waals surface area contributed by atoms with Gasteiger partial charge in [0.2, 0.25) is 0 Å². The molecule has 1 aromatic carbocycles. The van der Waals surface area contributed by atoms with Crippen molar-refractivity contribution in [3.63, 3.8) is 0 Å². The molecule has 1 nitrogen and oxygen atoms in total. The zero-order chi connectivity index (χ0) is 13.3. The molecule has 2 aromatic rings. The van der Waals surface area contributed by atoms with Crippen LogP contribution in [0.5, 0.6) is 0 Å². The number of benzene rings is 1. The smallest absolute Gasteiger partial charge is 0.115 e. The highest BCUT2D eigenvalue weighted by molar-refractivity contribution is 7.10. The SMILES string of the molecule is CC(C)(C)c1ccccc1C(O)c1sccc1Cl. The van der Waals surface area contributed by atoms with Gasteiger partial charge in [0.1, 0.15) is 6.10 Å². The van der Waals surface area contributed by atoms with Gasteiger partial charge >= 0.3 is 0 Å². The minimum absolute atomic E-state index is 0.00130. The van der Waals surface area contributed by atoms with Gasteiger partial charge in [0, 0.05) is 0 Å². The summed E-state index contributed by atoms with van der Waals surface area (Å²) in [6.07, 6.45) is -0.645. The largest absolute Gasteiger partial charge is 0.383 e. The first-order chi connectivity index (χ1) is 8.41. The van der Waals surface area contributed by atoms with E-state index in [1.165, 1.54) is 11.3 Å². The Morgan fingerprint density at radius 3 is 2.39 bits per heavy atom. The summed E-state index contributed by atoms with van der Waals surface area (Å²) in [6, 6.07) is 9.83. The number of aliphatic hydroxyl groups excluding tert-OH is 1. The molecule has 0 aliphatic carbocycles. The second-order valence-electron chi connectivity index (χ2n) is 5.37. The maximum absolute atomic E-state index is 10.5. The zero-order valence-electron chi connectivity index (χ0n) is 10.8. The third-order valence-electron chi connectivity index (χ3n) is 2.96. The second kappa shape index (κ2) is 5.04. The molecule has 0 saturated carbocycles. The molecule has 96 valence electrons. The number of hydrogen-bond acceptors (Lipinski definition) is 2. The quantitative estimate of drug-likeness (QED) is 0.839. The van der Waals surface area contributed by atoms with Crippen LogP contribution in [-0.4, -0.2) is 5.11 Å². The molecule has 18 heavy (non-hydrogen) atoms. The highest BCUT2D eigenvalue weighted by atomic mass is 35.5. The van der Waals surface area contributed by atoms with Gasteiger partial charge < -0.3 is 5.11 Å². The Bertz CT molecular complexity index is 539. The summed E-state index contributed by atoms with van der Waals surface area (Å²) >= 11 is 7.59. The Morgan fingerprint density at radius 1 is 1.17 bits per heavy atom. The molecule has 0 aliphatic heterocycles. The predicted octanol–water partition coefficient (Wildman–Crippen LogP) is 4.78. The van der Waals surface area contributed by atoms with Crippen molar-refractivity contribution in [1.29, 1.82) is 0 Å². The molecule has 1 unspecified atom stereocenters. The molecule has 0 bridgehead atoms. The van der Waals surface area contributed by atoms with E-state index >= 15 is 0 Å². The van der Waals surface area contributed by atoms with Crippen molar-refractivity contribution in [3.05, 3.63) is 56.7 Å². The number of hydrogen-bond donors (Lipinski definition) is 1. The lowest BCUT2D eigenvalue weighted by Crippen LogP contribution is -2.16. The lowest BCUT2D eigenvalue weighted by Gasteiger charge is -2.25. The Morgan fingerprint density at radius 2 is 1.83 bits per heavy atom. The third kappa shape index (κ3) is 2.61. The van der Waals surface area contributed by atoms with Gasteiger partial charge in [-0.05, 0) is 28.0 Å². The maximum atomic E-state index is 10.5. The molecule has 1 atom stereocenters. The molecule has 0 fully saturated rings. The number of halogens is 1. The van der Waals surface area contributed by atoms with Crippen LogP contribution in [0.1, 0.15) is 42.9 Å². The van der Waals surface area contributed by atoms with E-state index in [1.54, 1.807) is 0 Å². The van der Waals surface area contributed by atoms with Crippen molar-refractivity contribution >= 4 is 22.9 Å². The topological polar surface area (TPSA) is 20.2 Å². The Hall–Kier alpha value is -0.830. The van der Waals surface area contributed by atoms with E-state index in [1.807, 2.05) is 29.6 Å². The first-order valence-electron chi connectivity index (χ1n) is 5.91. The highest BCUT2D eigenvalue weighted by Crippen LogP contribution is 2.37. The molecule has 1 aromatic heterocycles. The summed E-state index contributed by atoms with van der Waals surface area (Å²) in [7, 11) is 0. The van der Waals surface area contributed by atoms with Crippen LogP contribution in [0.2, 0.25) is 5.02 Å². The summed E-state index contributed by atoms with van der Waals surface area (Å²) in [5.41, 5.74) is 2.10. The van der Waals surface area contributed by atoms with E-state index in [0.717, 1.165) is 16.0 Å². The van der Waals surface area contributed by atoms with E-state index in [2.05, 4.69) is 26.8 Å². The lowest BCUT2D eigenvalue weighted by atomic mass is 9.82. The molecule has 0 amide bonds. The Labute approximate surface area is 117 Å².